The minimum Gasteiger partial charge on any atom is -0.352 e. The van der Waals surface area contributed by atoms with Crippen LogP contribution < -0.4 is 9.62 Å². The van der Waals surface area contributed by atoms with Gasteiger partial charge in [-0.3, -0.25) is 9.10 Å². The molecule has 2 aliphatic rings. The third-order valence-electron chi connectivity index (χ3n) is 5.85. The van der Waals surface area contributed by atoms with Gasteiger partial charge in [0.25, 0.3) is 10.0 Å². The number of hydrogen-bond acceptors (Lipinski definition) is 4. The number of hydrogen-bond donors (Lipinski definition) is 1. The van der Waals surface area contributed by atoms with Crippen LogP contribution >= 0.6 is 0 Å². The summed E-state index contributed by atoms with van der Waals surface area (Å²) in [6.45, 7) is 3.73. The second kappa shape index (κ2) is 7.80. The third kappa shape index (κ3) is 3.76. The fourth-order valence-corrected chi connectivity index (χ4v) is 5.77. The Kier molecular flexibility index (Phi) is 5.36. The third-order valence-corrected chi connectivity index (χ3v) is 7.67. The van der Waals surface area contributed by atoms with Crippen molar-refractivity contribution >= 4 is 21.6 Å². The summed E-state index contributed by atoms with van der Waals surface area (Å²) >= 11 is 0. The first kappa shape index (κ1) is 19.9. The van der Waals surface area contributed by atoms with Gasteiger partial charge < -0.3 is 10.2 Å². The molecule has 2 aromatic carbocycles. The van der Waals surface area contributed by atoms with E-state index in [0.29, 0.717) is 11.3 Å². The summed E-state index contributed by atoms with van der Waals surface area (Å²) in [6, 6.07) is 12.9. The standard InChI is InChI=1S/C22H27N3O3S/c1-3-16-8-9-20-19(14-16)18-6-4-5-7-21(18)29(27,28)25(20)15-22(26)23-17-10-12-24(2)13-11-17/h4-9,14,17H,3,10-13,15H2,1-2H3,(H,23,26). The highest BCUT2D eigenvalue weighted by Crippen LogP contribution is 2.43. The van der Waals surface area contributed by atoms with Crippen LogP contribution in [0.3, 0.4) is 0 Å². The number of rotatable bonds is 4. The largest absolute Gasteiger partial charge is 0.352 e. The summed E-state index contributed by atoms with van der Waals surface area (Å²) in [5, 5.41) is 3.03. The predicted octanol–water partition coefficient (Wildman–Crippen LogP) is 2.64. The van der Waals surface area contributed by atoms with Gasteiger partial charge in [-0.2, -0.15) is 0 Å². The van der Waals surface area contributed by atoms with Crippen LogP contribution in [0.15, 0.2) is 47.4 Å². The molecule has 1 saturated heterocycles. The van der Waals surface area contributed by atoms with Crippen molar-refractivity contribution in [1.29, 1.82) is 0 Å². The molecular weight excluding hydrogens is 386 g/mol. The summed E-state index contributed by atoms with van der Waals surface area (Å²) < 4.78 is 27.9. The fraction of sp³-hybridized carbons (Fsp3) is 0.409. The van der Waals surface area contributed by atoms with Crippen LogP contribution in [0.2, 0.25) is 0 Å². The Morgan fingerprint density at radius 1 is 1.10 bits per heavy atom. The molecular formula is C22H27N3O3S. The number of nitrogens with one attached hydrogen (secondary N) is 1. The van der Waals surface area contributed by atoms with Crippen molar-refractivity contribution in [2.24, 2.45) is 0 Å². The molecule has 0 atom stereocenters. The van der Waals surface area contributed by atoms with Gasteiger partial charge in [0.15, 0.2) is 0 Å². The van der Waals surface area contributed by atoms with E-state index >= 15 is 0 Å². The lowest BCUT2D eigenvalue weighted by molar-refractivity contribution is -0.120. The van der Waals surface area contributed by atoms with Crippen molar-refractivity contribution in [1.82, 2.24) is 10.2 Å². The van der Waals surface area contributed by atoms with Gasteiger partial charge in [-0.05, 0) is 63.2 Å². The molecule has 0 bridgehead atoms. The first-order valence-electron chi connectivity index (χ1n) is 10.1. The number of fused-ring (bicyclic) bond motifs is 3. The highest BCUT2D eigenvalue weighted by molar-refractivity contribution is 7.93. The van der Waals surface area contributed by atoms with E-state index in [4.69, 9.17) is 0 Å². The van der Waals surface area contributed by atoms with Gasteiger partial charge >= 0.3 is 0 Å². The topological polar surface area (TPSA) is 69.7 Å². The average Bonchev–Trinajstić information content (AvgIpc) is 2.72. The Balaban J connectivity index is 1.66. The normalized spacial score (nSPS) is 18.8. The van der Waals surface area contributed by atoms with Crippen molar-refractivity contribution in [3.05, 3.63) is 48.0 Å². The number of anilines is 1. The smallest absolute Gasteiger partial charge is 0.265 e. The van der Waals surface area contributed by atoms with Crippen molar-refractivity contribution < 1.29 is 13.2 Å². The minimum absolute atomic E-state index is 0.0976. The summed E-state index contributed by atoms with van der Waals surface area (Å²) in [6.07, 6.45) is 2.63. The van der Waals surface area contributed by atoms with Crippen molar-refractivity contribution in [2.75, 3.05) is 31.0 Å². The van der Waals surface area contributed by atoms with Gasteiger partial charge in [0, 0.05) is 17.2 Å². The molecule has 2 aromatic rings. The molecule has 6 nitrogen and oxygen atoms in total. The molecule has 29 heavy (non-hydrogen) atoms. The number of amides is 1. The molecule has 2 aliphatic heterocycles. The lowest BCUT2D eigenvalue weighted by Crippen LogP contribution is -2.48. The predicted molar refractivity (Wildman–Crippen MR) is 114 cm³/mol. The molecule has 0 unspecified atom stereocenters. The number of piperidine rings is 1. The van der Waals surface area contributed by atoms with E-state index < -0.39 is 10.0 Å². The molecule has 1 N–H and O–H groups in total. The van der Waals surface area contributed by atoms with Gasteiger partial charge in [-0.25, -0.2) is 8.42 Å². The Morgan fingerprint density at radius 2 is 1.83 bits per heavy atom. The van der Waals surface area contributed by atoms with Crippen molar-refractivity contribution in [2.45, 2.75) is 37.1 Å². The zero-order chi connectivity index (χ0) is 20.6. The summed E-state index contributed by atoms with van der Waals surface area (Å²) in [7, 11) is -1.73. The van der Waals surface area contributed by atoms with E-state index in [1.807, 2.05) is 30.3 Å². The maximum atomic E-state index is 13.3. The maximum absolute atomic E-state index is 13.3. The van der Waals surface area contributed by atoms with E-state index in [1.165, 1.54) is 4.31 Å². The number of carbonyl (C=O) groups excluding carboxylic acids is 1. The summed E-state index contributed by atoms with van der Waals surface area (Å²) in [4.78, 5) is 15.3. The molecule has 1 amide bonds. The molecule has 0 aliphatic carbocycles. The van der Waals surface area contributed by atoms with Gasteiger partial charge in [-0.1, -0.05) is 31.2 Å². The lowest BCUT2D eigenvalue weighted by Gasteiger charge is -2.33. The van der Waals surface area contributed by atoms with E-state index in [0.717, 1.165) is 43.5 Å². The zero-order valence-electron chi connectivity index (χ0n) is 16.9. The van der Waals surface area contributed by atoms with Crippen LogP contribution in [0.25, 0.3) is 11.1 Å². The summed E-state index contributed by atoms with van der Waals surface area (Å²) in [5.41, 5.74) is 3.26. The van der Waals surface area contributed by atoms with Crippen molar-refractivity contribution in [3.8, 4) is 11.1 Å². The Labute approximate surface area is 172 Å². The second-order valence-electron chi connectivity index (χ2n) is 7.86. The SMILES string of the molecule is CCc1ccc2c(c1)-c1ccccc1S(=O)(=O)N2CC(=O)NC1CCN(C)CC1. The first-order valence-corrected chi connectivity index (χ1v) is 11.6. The number of likely N-dealkylation sites (tertiary alicyclic amines) is 1. The number of aryl methyl sites for hydroxylation is 1. The summed E-state index contributed by atoms with van der Waals surface area (Å²) in [5.74, 6) is -0.256. The van der Waals surface area contributed by atoms with Crippen LogP contribution in [0.5, 0.6) is 0 Å². The van der Waals surface area contributed by atoms with Gasteiger partial charge in [-0.15, -0.1) is 0 Å². The fourth-order valence-electron chi connectivity index (χ4n) is 4.13. The molecule has 0 spiro atoms. The van der Waals surface area contributed by atoms with Gasteiger partial charge in [0.05, 0.1) is 10.6 Å². The van der Waals surface area contributed by atoms with Crippen LogP contribution in [0.4, 0.5) is 5.69 Å². The average molecular weight is 414 g/mol. The highest BCUT2D eigenvalue weighted by atomic mass is 32.2. The number of benzene rings is 2. The number of nitrogens with zero attached hydrogens (tertiary/aromatic N) is 2. The Hall–Kier alpha value is -2.38. The second-order valence-corrected chi connectivity index (χ2v) is 9.69. The molecule has 7 heteroatoms. The molecule has 4 rings (SSSR count). The van der Waals surface area contributed by atoms with E-state index in [9.17, 15) is 13.2 Å². The minimum atomic E-state index is -3.80. The number of sulfonamides is 1. The molecule has 0 radical (unpaired) electrons. The molecule has 0 saturated carbocycles. The Morgan fingerprint density at radius 3 is 2.55 bits per heavy atom. The van der Waals surface area contributed by atoms with E-state index in [2.05, 4.69) is 24.2 Å². The lowest BCUT2D eigenvalue weighted by atomic mass is 9.99. The van der Waals surface area contributed by atoms with E-state index in [-0.39, 0.29) is 23.4 Å². The van der Waals surface area contributed by atoms with Crippen LogP contribution in [-0.2, 0) is 21.2 Å². The molecule has 1 fully saturated rings. The first-order chi connectivity index (χ1) is 13.9. The van der Waals surface area contributed by atoms with Gasteiger partial charge in [0.2, 0.25) is 5.91 Å². The van der Waals surface area contributed by atoms with Crippen LogP contribution in [-0.4, -0.2) is 51.9 Å². The highest BCUT2D eigenvalue weighted by Gasteiger charge is 2.36. The van der Waals surface area contributed by atoms with Crippen molar-refractivity contribution in [3.63, 3.8) is 0 Å². The maximum Gasteiger partial charge on any atom is 0.265 e. The molecule has 2 heterocycles. The molecule has 0 aromatic heterocycles. The quantitative estimate of drug-likeness (QED) is 0.837. The zero-order valence-corrected chi connectivity index (χ0v) is 17.7. The molecule has 154 valence electrons. The number of carbonyl (C=O) groups is 1. The van der Waals surface area contributed by atoms with E-state index in [1.54, 1.807) is 12.1 Å². The Bertz CT molecular complexity index is 1030. The van der Waals surface area contributed by atoms with Crippen LogP contribution in [0.1, 0.15) is 25.3 Å². The van der Waals surface area contributed by atoms with Crippen LogP contribution in [0, 0.1) is 0 Å². The monoisotopic (exact) mass is 413 g/mol. The van der Waals surface area contributed by atoms with Gasteiger partial charge in [0.1, 0.15) is 6.54 Å².